The summed E-state index contributed by atoms with van der Waals surface area (Å²) >= 11 is 5.04. The van der Waals surface area contributed by atoms with E-state index in [-0.39, 0.29) is 4.99 Å². The van der Waals surface area contributed by atoms with Gasteiger partial charge in [-0.05, 0) is 50.5 Å². The zero-order valence-corrected chi connectivity index (χ0v) is 13.7. The average Bonchev–Trinajstić information content (AvgIpc) is 2.43. The molecular weight excluding hydrogens is 300 g/mol. The summed E-state index contributed by atoms with van der Waals surface area (Å²) in [5.41, 5.74) is 8.71. The fourth-order valence-electron chi connectivity index (χ4n) is 2.54. The molecule has 1 heterocycles. The van der Waals surface area contributed by atoms with E-state index >= 15 is 0 Å². The maximum Gasteiger partial charge on any atom is 0.354 e. The first-order valence-corrected chi connectivity index (χ1v) is 7.09. The summed E-state index contributed by atoms with van der Waals surface area (Å²) in [6, 6.07) is 3.11. The second kappa shape index (κ2) is 5.42. The first kappa shape index (κ1) is 16.0. The summed E-state index contributed by atoms with van der Waals surface area (Å²) in [5.74, 6) is 5.71. The lowest BCUT2D eigenvalue weighted by Crippen LogP contribution is -2.43. The molecule has 2 aromatic rings. The van der Waals surface area contributed by atoms with Gasteiger partial charge in [0.2, 0.25) is 0 Å². The summed E-state index contributed by atoms with van der Waals surface area (Å²) in [7, 11) is 0. The smallest absolute Gasteiger partial charge is 0.354 e. The van der Waals surface area contributed by atoms with E-state index < -0.39 is 11.2 Å². The van der Waals surface area contributed by atoms with E-state index in [9.17, 15) is 9.59 Å². The lowest BCUT2D eigenvalue weighted by molar-refractivity contribution is 0.745. The molecule has 7 heteroatoms. The number of nitrogen functional groups attached to an aromatic ring is 1. The van der Waals surface area contributed by atoms with Crippen molar-refractivity contribution >= 4 is 17.2 Å². The minimum absolute atomic E-state index is 0.280. The number of thiocarbonyl (C=S) groups is 1. The summed E-state index contributed by atoms with van der Waals surface area (Å²) in [6.45, 7) is 7.09. The highest BCUT2D eigenvalue weighted by molar-refractivity contribution is 7.80. The van der Waals surface area contributed by atoms with Crippen LogP contribution in [0.15, 0.2) is 21.7 Å². The van der Waals surface area contributed by atoms with Gasteiger partial charge in [0.1, 0.15) is 4.99 Å². The summed E-state index contributed by atoms with van der Waals surface area (Å²) in [5, 5.41) is 0. The van der Waals surface area contributed by atoms with Crippen LogP contribution in [-0.2, 0) is 0 Å². The van der Waals surface area contributed by atoms with Crippen LogP contribution in [0.3, 0.4) is 0 Å². The Bertz CT molecular complexity index is 909. The number of rotatable bonds is 2. The largest absolute Gasteiger partial charge is 0.389 e. The molecule has 0 fully saturated rings. The van der Waals surface area contributed by atoms with E-state index in [0.29, 0.717) is 11.4 Å². The Kier molecular flexibility index (Phi) is 3.93. The van der Waals surface area contributed by atoms with E-state index in [4.69, 9.17) is 23.8 Å². The second-order valence-electron chi connectivity index (χ2n) is 5.32. The standard InChI is InChI=1S/C15H18N4O2S/c1-7-5-11(14(16)22)9(3)10(4)13(7)18-12(20)6-8(2)19(17)15(18)21/h5-6H,17H2,1-4H3,(H2,16,22). The van der Waals surface area contributed by atoms with E-state index in [0.717, 1.165) is 31.5 Å². The Morgan fingerprint density at radius 1 is 1.09 bits per heavy atom. The highest BCUT2D eigenvalue weighted by Crippen LogP contribution is 2.23. The second-order valence-corrected chi connectivity index (χ2v) is 5.76. The van der Waals surface area contributed by atoms with Crippen LogP contribution in [0.5, 0.6) is 0 Å². The van der Waals surface area contributed by atoms with Crippen molar-refractivity contribution in [2.45, 2.75) is 27.7 Å². The van der Waals surface area contributed by atoms with Gasteiger partial charge in [-0.3, -0.25) is 4.79 Å². The monoisotopic (exact) mass is 318 g/mol. The lowest BCUT2D eigenvalue weighted by Gasteiger charge is -2.18. The molecule has 22 heavy (non-hydrogen) atoms. The van der Waals surface area contributed by atoms with Crippen molar-refractivity contribution in [1.29, 1.82) is 0 Å². The Morgan fingerprint density at radius 3 is 2.23 bits per heavy atom. The molecule has 0 unspecified atom stereocenters. The van der Waals surface area contributed by atoms with E-state index in [1.807, 2.05) is 13.8 Å². The first-order chi connectivity index (χ1) is 10.2. The number of aryl methyl sites for hydroxylation is 2. The fraction of sp³-hybridized carbons (Fsp3) is 0.267. The van der Waals surface area contributed by atoms with Crippen molar-refractivity contribution in [1.82, 2.24) is 9.24 Å². The van der Waals surface area contributed by atoms with Crippen molar-refractivity contribution in [2.75, 3.05) is 5.84 Å². The van der Waals surface area contributed by atoms with Crippen LogP contribution in [0.25, 0.3) is 5.69 Å². The molecule has 4 N–H and O–H groups in total. The highest BCUT2D eigenvalue weighted by atomic mass is 32.1. The van der Waals surface area contributed by atoms with Crippen molar-refractivity contribution in [3.05, 3.63) is 60.9 Å². The zero-order valence-electron chi connectivity index (χ0n) is 12.9. The Balaban J connectivity index is 2.95. The van der Waals surface area contributed by atoms with Crippen molar-refractivity contribution in [3.63, 3.8) is 0 Å². The van der Waals surface area contributed by atoms with Gasteiger partial charge in [0, 0.05) is 17.3 Å². The fourth-order valence-corrected chi connectivity index (χ4v) is 2.75. The molecule has 0 saturated heterocycles. The minimum atomic E-state index is -0.585. The third-order valence-electron chi connectivity index (χ3n) is 3.88. The molecule has 0 aliphatic heterocycles. The normalized spacial score (nSPS) is 10.7. The third kappa shape index (κ3) is 2.33. The predicted molar refractivity (Wildman–Crippen MR) is 91.3 cm³/mol. The van der Waals surface area contributed by atoms with Crippen LogP contribution >= 0.6 is 12.2 Å². The van der Waals surface area contributed by atoms with Crippen LogP contribution in [0.1, 0.15) is 27.9 Å². The van der Waals surface area contributed by atoms with Crippen LogP contribution in [-0.4, -0.2) is 14.2 Å². The molecule has 0 bridgehead atoms. The van der Waals surface area contributed by atoms with Gasteiger partial charge in [-0.1, -0.05) is 12.2 Å². The number of aromatic nitrogens is 2. The highest BCUT2D eigenvalue weighted by Gasteiger charge is 2.17. The Hall–Kier alpha value is -2.41. The molecule has 0 amide bonds. The number of nitrogens with two attached hydrogens (primary N) is 2. The van der Waals surface area contributed by atoms with Crippen molar-refractivity contribution in [2.24, 2.45) is 5.73 Å². The van der Waals surface area contributed by atoms with E-state index in [1.54, 1.807) is 19.9 Å². The molecule has 0 atom stereocenters. The number of benzene rings is 1. The quantitative estimate of drug-likeness (QED) is 0.624. The topological polar surface area (TPSA) is 96.0 Å². The molecule has 1 aromatic carbocycles. The van der Waals surface area contributed by atoms with Gasteiger partial charge in [-0.25, -0.2) is 14.0 Å². The van der Waals surface area contributed by atoms with Gasteiger partial charge >= 0.3 is 5.69 Å². The SMILES string of the molecule is Cc1cc(C(N)=S)c(C)c(C)c1-n1c(=O)cc(C)n(N)c1=O. The van der Waals surface area contributed by atoms with Crippen LogP contribution in [0.4, 0.5) is 0 Å². The first-order valence-electron chi connectivity index (χ1n) is 6.68. The Morgan fingerprint density at radius 2 is 1.68 bits per heavy atom. The molecule has 0 aliphatic carbocycles. The van der Waals surface area contributed by atoms with Gasteiger partial charge in [0.25, 0.3) is 5.56 Å². The van der Waals surface area contributed by atoms with Crippen LogP contribution < -0.4 is 22.8 Å². The molecule has 6 nitrogen and oxygen atoms in total. The minimum Gasteiger partial charge on any atom is -0.389 e. The molecule has 0 radical (unpaired) electrons. The summed E-state index contributed by atoms with van der Waals surface area (Å²) in [6.07, 6.45) is 0. The molecular formula is C15H18N4O2S. The average molecular weight is 318 g/mol. The molecule has 0 saturated carbocycles. The third-order valence-corrected chi connectivity index (χ3v) is 4.10. The molecule has 116 valence electrons. The van der Waals surface area contributed by atoms with Crippen LogP contribution in [0, 0.1) is 27.7 Å². The van der Waals surface area contributed by atoms with Gasteiger partial charge in [0.05, 0.1) is 5.69 Å². The van der Waals surface area contributed by atoms with E-state index in [2.05, 4.69) is 0 Å². The molecule has 2 rings (SSSR count). The van der Waals surface area contributed by atoms with Gasteiger partial charge < -0.3 is 11.6 Å². The van der Waals surface area contributed by atoms with Crippen molar-refractivity contribution < 1.29 is 0 Å². The van der Waals surface area contributed by atoms with Gasteiger partial charge in [-0.15, -0.1) is 0 Å². The number of hydrogen-bond acceptors (Lipinski definition) is 4. The number of hydrogen-bond donors (Lipinski definition) is 2. The maximum atomic E-state index is 12.4. The predicted octanol–water partition coefficient (Wildman–Crippen LogP) is 0.581. The molecule has 0 aliphatic rings. The number of nitrogens with zero attached hydrogens (tertiary/aromatic N) is 2. The Labute approximate surface area is 133 Å². The molecule has 0 spiro atoms. The lowest BCUT2D eigenvalue weighted by atomic mass is 9.97. The summed E-state index contributed by atoms with van der Waals surface area (Å²) in [4.78, 5) is 25.0. The summed E-state index contributed by atoms with van der Waals surface area (Å²) < 4.78 is 2.03. The molecule has 1 aromatic heterocycles. The van der Waals surface area contributed by atoms with Gasteiger partial charge in [0.15, 0.2) is 0 Å². The van der Waals surface area contributed by atoms with Crippen LogP contribution in [0.2, 0.25) is 0 Å². The van der Waals surface area contributed by atoms with Gasteiger partial charge in [-0.2, -0.15) is 0 Å². The zero-order chi connectivity index (χ0) is 16.8. The van der Waals surface area contributed by atoms with Crippen molar-refractivity contribution in [3.8, 4) is 5.69 Å². The van der Waals surface area contributed by atoms with E-state index in [1.165, 1.54) is 6.07 Å². The maximum absolute atomic E-state index is 12.4.